The first-order chi connectivity index (χ1) is 6.43. The summed E-state index contributed by atoms with van der Waals surface area (Å²) < 4.78 is 0. The molecule has 0 N–H and O–H groups in total. The summed E-state index contributed by atoms with van der Waals surface area (Å²) in [6, 6.07) is 1.36. The lowest BCUT2D eigenvalue weighted by Crippen LogP contribution is -2.47. The molecule has 1 nitrogen and oxygen atoms in total. The molecule has 1 aliphatic rings. The largest absolute Gasteiger partial charge is 0.297 e. The third kappa shape index (κ3) is 2.84. The molecule has 0 aliphatic carbocycles. The fourth-order valence-corrected chi connectivity index (χ4v) is 2.33. The second-order valence-corrected chi connectivity index (χ2v) is 5.71. The topological polar surface area (TPSA) is 3.24 Å². The van der Waals surface area contributed by atoms with Gasteiger partial charge >= 0.3 is 0 Å². The highest BCUT2D eigenvalue weighted by Crippen LogP contribution is 2.30. The molecule has 1 aliphatic heterocycles. The molecule has 1 rings (SSSR count). The van der Waals surface area contributed by atoms with E-state index in [-0.39, 0.29) is 0 Å². The summed E-state index contributed by atoms with van der Waals surface area (Å²) >= 11 is 0. The fraction of sp³-hybridized carbons (Fsp3) is 0.846. The van der Waals surface area contributed by atoms with Crippen LogP contribution in [0.4, 0.5) is 0 Å². The zero-order valence-electron chi connectivity index (χ0n) is 10.4. The highest BCUT2D eigenvalue weighted by atomic mass is 15.2. The standard InChI is InChI=1S/C13H25N/c1-11(2)14-10-8-6-7-9-12(14)13(3,4)5/h6-7,11-12H,8-10H2,1-5H3. The van der Waals surface area contributed by atoms with Gasteiger partial charge in [-0.3, -0.25) is 4.90 Å². The van der Waals surface area contributed by atoms with E-state index >= 15 is 0 Å². The van der Waals surface area contributed by atoms with Gasteiger partial charge in [0.15, 0.2) is 0 Å². The van der Waals surface area contributed by atoms with E-state index in [1.807, 2.05) is 0 Å². The van der Waals surface area contributed by atoms with Crippen LogP contribution in [0.3, 0.4) is 0 Å². The van der Waals surface area contributed by atoms with Gasteiger partial charge in [0.25, 0.3) is 0 Å². The van der Waals surface area contributed by atoms with Crippen molar-refractivity contribution in [2.45, 2.75) is 59.5 Å². The van der Waals surface area contributed by atoms with Crippen LogP contribution >= 0.6 is 0 Å². The van der Waals surface area contributed by atoms with Gasteiger partial charge in [0.2, 0.25) is 0 Å². The second-order valence-electron chi connectivity index (χ2n) is 5.71. The molecule has 14 heavy (non-hydrogen) atoms. The van der Waals surface area contributed by atoms with E-state index in [1.54, 1.807) is 0 Å². The molecule has 0 fully saturated rings. The van der Waals surface area contributed by atoms with Crippen LogP contribution in [-0.4, -0.2) is 23.5 Å². The molecular formula is C13H25N. The van der Waals surface area contributed by atoms with Crippen molar-refractivity contribution < 1.29 is 0 Å². The third-order valence-corrected chi connectivity index (χ3v) is 3.14. The van der Waals surface area contributed by atoms with Crippen molar-refractivity contribution in [3.63, 3.8) is 0 Å². The minimum atomic E-state index is 0.388. The summed E-state index contributed by atoms with van der Waals surface area (Å²) in [6.07, 6.45) is 7.12. The summed E-state index contributed by atoms with van der Waals surface area (Å²) in [7, 11) is 0. The van der Waals surface area contributed by atoms with E-state index in [1.165, 1.54) is 19.4 Å². The van der Waals surface area contributed by atoms with Gasteiger partial charge in [0.05, 0.1) is 0 Å². The molecule has 0 aromatic carbocycles. The first-order valence-electron chi connectivity index (χ1n) is 5.83. The zero-order chi connectivity index (χ0) is 10.8. The number of hydrogen-bond acceptors (Lipinski definition) is 1. The highest BCUT2D eigenvalue weighted by Gasteiger charge is 2.31. The summed E-state index contributed by atoms with van der Waals surface area (Å²) in [5.41, 5.74) is 0.388. The van der Waals surface area contributed by atoms with Crippen LogP contribution in [0.5, 0.6) is 0 Å². The lowest BCUT2D eigenvalue weighted by atomic mass is 9.83. The van der Waals surface area contributed by atoms with Gasteiger partial charge in [0, 0.05) is 18.6 Å². The van der Waals surface area contributed by atoms with Crippen molar-refractivity contribution in [3.8, 4) is 0 Å². The Morgan fingerprint density at radius 2 is 1.86 bits per heavy atom. The predicted molar refractivity (Wildman–Crippen MR) is 63.5 cm³/mol. The molecule has 0 bridgehead atoms. The van der Waals surface area contributed by atoms with Gasteiger partial charge in [-0.15, -0.1) is 0 Å². The molecule has 0 saturated carbocycles. The smallest absolute Gasteiger partial charge is 0.0181 e. The van der Waals surface area contributed by atoms with Gasteiger partial charge in [-0.1, -0.05) is 32.9 Å². The first-order valence-corrected chi connectivity index (χ1v) is 5.83. The van der Waals surface area contributed by atoms with Crippen LogP contribution in [0.1, 0.15) is 47.5 Å². The molecule has 0 saturated heterocycles. The van der Waals surface area contributed by atoms with Crippen molar-refractivity contribution in [2.24, 2.45) is 5.41 Å². The predicted octanol–water partition coefficient (Wildman–Crippen LogP) is 3.46. The van der Waals surface area contributed by atoms with Crippen molar-refractivity contribution in [1.29, 1.82) is 0 Å². The molecular weight excluding hydrogens is 170 g/mol. The second kappa shape index (κ2) is 4.48. The molecule has 0 aromatic heterocycles. The van der Waals surface area contributed by atoms with Crippen LogP contribution in [0, 0.1) is 5.41 Å². The van der Waals surface area contributed by atoms with Gasteiger partial charge in [-0.25, -0.2) is 0 Å². The average molecular weight is 195 g/mol. The molecule has 0 aromatic rings. The van der Waals surface area contributed by atoms with Crippen molar-refractivity contribution in [2.75, 3.05) is 6.54 Å². The van der Waals surface area contributed by atoms with Crippen LogP contribution < -0.4 is 0 Å². The lowest BCUT2D eigenvalue weighted by molar-refractivity contribution is 0.0769. The number of rotatable bonds is 1. The number of nitrogens with zero attached hydrogens (tertiary/aromatic N) is 1. The third-order valence-electron chi connectivity index (χ3n) is 3.14. The van der Waals surface area contributed by atoms with Crippen LogP contribution in [-0.2, 0) is 0 Å². The molecule has 0 amide bonds. The Morgan fingerprint density at radius 3 is 2.36 bits per heavy atom. The summed E-state index contributed by atoms with van der Waals surface area (Å²) in [5, 5.41) is 0. The minimum absolute atomic E-state index is 0.388. The Hall–Kier alpha value is -0.300. The maximum absolute atomic E-state index is 2.65. The van der Waals surface area contributed by atoms with E-state index in [9.17, 15) is 0 Å². The van der Waals surface area contributed by atoms with E-state index in [0.29, 0.717) is 17.5 Å². The van der Waals surface area contributed by atoms with Gasteiger partial charge in [0.1, 0.15) is 0 Å². The van der Waals surface area contributed by atoms with E-state index < -0.39 is 0 Å². The molecule has 82 valence electrons. The van der Waals surface area contributed by atoms with Gasteiger partial charge in [-0.2, -0.15) is 0 Å². The normalized spacial score (nSPS) is 25.4. The lowest BCUT2D eigenvalue weighted by Gasteiger charge is -2.41. The van der Waals surface area contributed by atoms with E-state index in [2.05, 4.69) is 51.7 Å². The van der Waals surface area contributed by atoms with Gasteiger partial charge in [-0.05, 0) is 32.1 Å². The van der Waals surface area contributed by atoms with E-state index in [0.717, 1.165) is 0 Å². The summed E-state index contributed by atoms with van der Waals surface area (Å²) in [4.78, 5) is 2.65. The highest BCUT2D eigenvalue weighted by molar-refractivity contribution is 4.97. The Kier molecular flexibility index (Phi) is 3.77. The minimum Gasteiger partial charge on any atom is -0.297 e. The van der Waals surface area contributed by atoms with Crippen LogP contribution in [0.15, 0.2) is 12.2 Å². The van der Waals surface area contributed by atoms with E-state index in [4.69, 9.17) is 0 Å². The monoisotopic (exact) mass is 195 g/mol. The Balaban J connectivity index is 2.79. The Labute approximate surface area is 89.2 Å². The Morgan fingerprint density at radius 1 is 1.21 bits per heavy atom. The van der Waals surface area contributed by atoms with Gasteiger partial charge < -0.3 is 0 Å². The molecule has 1 heterocycles. The molecule has 1 atom stereocenters. The molecule has 1 unspecified atom stereocenters. The average Bonchev–Trinajstić information content (AvgIpc) is 2.26. The molecule has 1 heteroatoms. The maximum Gasteiger partial charge on any atom is 0.0181 e. The quantitative estimate of drug-likeness (QED) is 0.579. The Bertz CT molecular complexity index is 198. The summed E-state index contributed by atoms with van der Waals surface area (Å²) in [5.74, 6) is 0. The fourth-order valence-electron chi connectivity index (χ4n) is 2.33. The van der Waals surface area contributed by atoms with Crippen LogP contribution in [0.25, 0.3) is 0 Å². The summed E-state index contributed by atoms with van der Waals surface area (Å²) in [6.45, 7) is 12.9. The first kappa shape index (κ1) is 11.8. The maximum atomic E-state index is 2.65. The van der Waals surface area contributed by atoms with Crippen LogP contribution in [0.2, 0.25) is 0 Å². The molecule has 0 radical (unpaired) electrons. The SMILES string of the molecule is CC(C)N1CCC=CCC1C(C)(C)C. The van der Waals surface area contributed by atoms with Crippen molar-refractivity contribution in [3.05, 3.63) is 12.2 Å². The zero-order valence-corrected chi connectivity index (χ0v) is 10.4. The molecule has 0 spiro atoms. The number of hydrogen-bond donors (Lipinski definition) is 0. The van der Waals surface area contributed by atoms with Crippen molar-refractivity contribution in [1.82, 2.24) is 4.90 Å². The van der Waals surface area contributed by atoms with Crippen molar-refractivity contribution >= 4 is 0 Å².